The number of ether oxygens (including phenoxy) is 1. The highest BCUT2D eigenvalue weighted by atomic mass is 19.1. The van der Waals surface area contributed by atoms with Crippen molar-refractivity contribution in [2.75, 3.05) is 32.1 Å². The summed E-state index contributed by atoms with van der Waals surface area (Å²) in [5.41, 5.74) is 0.791. The summed E-state index contributed by atoms with van der Waals surface area (Å²) in [5.74, 6) is -0.0325. The highest BCUT2D eigenvalue weighted by Gasteiger charge is 2.24. The normalized spacial score (nSPS) is 16.8. The SMILES string of the molecule is CNCCNc1c(F)cc2c(=O)ccn3c2c1OC[C@@H]3C. The van der Waals surface area contributed by atoms with Gasteiger partial charge in [0.1, 0.15) is 12.3 Å². The Morgan fingerprint density at radius 2 is 2.29 bits per heavy atom. The minimum absolute atomic E-state index is 0.108. The largest absolute Gasteiger partial charge is 0.487 e. The van der Waals surface area contributed by atoms with Gasteiger partial charge in [0.15, 0.2) is 17.0 Å². The summed E-state index contributed by atoms with van der Waals surface area (Å²) in [6.07, 6.45) is 1.75. The topological polar surface area (TPSA) is 55.3 Å². The van der Waals surface area contributed by atoms with Gasteiger partial charge in [-0.3, -0.25) is 4.79 Å². The van der Waals surface area contributed by atoms with E-state index in [4.69, 9.17) is 4.74 Å². The molecule has 1 atom stereocenters. The average Bonchev–Trinajstić information content (AvgIpc) is 2.47. The van der Waals surface area contributed by atoms with E-state index in [9.17, 15) is 9.18 Å². The van der Waals surface area contributed by atoms with Gasteiger partial charge in [-0.1, -0.05) is 0 Å². The van der Waals surface area contributed by atoms with Crippen molar-refractivity contribution < 1.29 is 9.13 Å². The van der Waals surface area contributed by atoms with Gasteiger partial charge in [-0.05, 0) is 20.0 Å². The van der Waals surface area contributed by atoms with E-state index in [0.717, 1.165) is 0 Å². The van der Waals surface area contributed by atoms with Crippen molar-refractivity contribution in [3.05, 3.63) is 34.4 Å². The van der Waals surface area contributed by atoms with Crippen LogP contribution in [0, 0.1) is 5.82 Å². The molecular formula is C15H18FN3O2. The average molecular weight is 291 g/mol. The number of nitrogens with zero attached hydrogens (tertiary/aromatic N) is 1. The summed E-state index contributed by atoms with van der Waals surface area (Å²) in [7, 11) is 1.83. The Morgan fingerprint density at radius 1 is 1.48 bits per heavy atom. The standard InChI is InChI=1S/C15H18FN3O2/c1-9-8-21-15-13(18-5-4-17-2)11(16)7-10-12(20)3-6-19(9)14(10)15/h3,6-7,9,17-18H,4-5,8H2,1-2H3/t9-/m0/s1. The van der Waals surface area contributed by atoms with Crippen molar-refractivity contribution in [1.29, 1.82) is 0 Å². The Labute approximate surface area is 121 Å². The summed E-state index contributed by atoms with van der Waals surface area (Å²) in [6, 6.07) is 2.87. The number of pyridine rings is 1. The van der Waals surface area contributed by atoms with Crippen LogP contribution in [0.3, 0.4) is 0 Å². The van der Waals surface area contributed by atoms with E-state index in [2.05, 4.69) is 10.6 Å². The van der Waals surface area contributed by atoms with Gasteiger partial charge < -0.3 is 19.9 Å². The van der Waals surface area contributed by atoms with Crippen molar-refractivity contribution in [3.63, 3.8) is 0 Å². The van der Waals surface area contributed by atoms with Gasteiger partial charge >= 0.3 is 0 Å². The molecule has 0 radical (unpaired) electrons. The molecule has 0 saturated heterocycles. The molecule has 1 aromatic carbocycles. The first kappa shape index (κ1) is 13.9. The van der Waals surface area contributed by atoms with E-state index >= 15 is 0 Å². The molecule has 0 fully saturated rings. The number of rotatable bonds is 4. The van der Waals surface area contributed by atoms with E-state index in [0.29, 0.717) is 42.0 Å². The van der Waals surface area contributed by atoms with Crippen molar-refractivity contribution >= 4 is 16.6 Å². The van der Waals surface area contributed by atoms with Gasteiger partial charge in [0.05, 0.1) is 16.9 Å². The molecule has 6 heteroatoms. The van der Waals surface area contributed by atoms with Gasteiger partial charge in [-0.25, -0.2) is 4.39 Å². The van der Waals surface area contributed by atoms with Crippen LogP contribution in [0.25, 0.3) is 10.9 Å². The second-order valence-corrected chi connectivity index (χ2v) is 5.24. The highest BCUT2D eigenvalue weighted by molar-refractivity contribution is 5.91. The van der Waals surface area contributed by atoms with Crippen LogP contribution in [0.2, 0.25) is 0 Å². The molecule has 0 aliphatic carbocycles. The Balaban J connectivity index is 2.22. The summed E-state index contributed by atoms with van der Waals surface area (Å²) in [5, 5.41) is 6.39. The number of anilines is 1. The Bertz CT molecular complexity index is 742. The molecule has 0 saturated carbocycles. The number of nitrogens with one attached hydrogen (secondary N) is 2. The first-order valence-electron chi connectivity index (χ1n) is 7.02. The minimum atomic E-state index is -0.460. The number of hydrogen-bond donors (Lipinski definition) is 2. The minimum Gasteiger partial charge on any atom is -0.487 e. The first-order chi connectivity index (χ1) is 10.1. The fourth-order valence-electron chi connectivity index (χ4n) is 2.64. The molecule has 0 spiro atoms. The Hall–Kier alpha value is -2.08. The lowest BCUT2D eigenvalue weighted by Crippen LogP contribution is -2.25. The molecule has 0 amide bonds. The summed E-state index contributed by atoms with van der Waals surface area (Å²) < 4.78 is 22.0. The second kappa shape index (κ2) is 5.37. The molecular weight excluding hydrogens is 273 g/mol. The fourth-order valence-corrected chi connectivity index (χ4v) is 2.64. The molecule has 2 aromatic rings. The molecule has 0 unspecified atom stereocenters. The Kier molecular flexibility index (Phi) is 3.55. The van der Waals surface area contributed by atoms with Crippen LogP contribution < -0.4 is 20.8 Å². The van der Waals surface area contributed by atoms with Crippen molar-refractivity contribution in [2.24, 2.45) is 0 Å². The molecule has 3 rings (SSSR count). The number of hydrogen-bond acceptors (Lipinski definition) is 4. The van der Waals surface area contributed by atoms with Gasteiger partial charge in [0, 0.05) is 25.4 Å². The predicted molar refractivity (Wildman–Crippen MR) is 80.8 cm³/mol. The number of halogens is 1. The van der Waals surface area contributed by atoms with Crippen LogP contribution >= 0.6 is 0 Å². The van der Waals surface area contributed by atoms with E-state index in [1.165, 1.54) is 12.1 Å². The van der Waals surface area contributed by atoms with Crippen molar-refractivity contribution in [1.82, 2.24) is 9.88 Å². The van der Waals surface area contributed by atoms with E-state index < -0.39 is 5.82 Å². The summed E-state index contributed by atoms with van der Waals surface area (Å²) in [6.45, 7) is 3.73. The monoisotopic (exact) mass is 291 g/mol. The quantitative estimate of drug-likeness (QED) is 0.842. The highest BCUT2D eigenvalue weighted by Crippen LogP contribution is 2.39. The van der Waals surface area contributed by atoms with E-state index in [-0.39, 0.29) is 11.5 Å². The summed E-state index contributed by atoms with van der Waals surface area (Å²) in [4.78, 5) is 12.0. The maximum atomic E-state index is 14.3. The van der Waals surface area contributed by atoms with Gasteiger partial charge in [-0.2, -0.15) is 0 Å². The van der Waals surface area contributed by atoms with Gasteiger partial charge in [0.25, 0.3) is 0 Å². The molecule has 1 aromatic heterocycles. The smallest absolute Gasteiger partial charge is 0.189 e. The first-order valence-corrected chi connectivity index (χ1v) is 7.02. The lowest BCUT2D eigenvalue weighted by molar-refractivity contribution is 0.247. The van der Waals surface area contributed by atoms with Crippen LogP contribution in [-0.4, -0.2) is 31.3 Å². The lowest BCUT2D eigenvalue weighted by atomic mass is 10.1. The lowest BCUT2D eigenvalue weighted by Gasteiger charge is -2.28. The molecule has 2 N–H and O–H groups in total. The molecule has 21 heavy (non-hydrogen) atoms. The summed E-state index contributed by atoms with van der Waals surface area (Å²) >= 11 is 0. The Morgan fingerprint density at radius 3 is 3.05 bits per heavy atom. The van der Waals surface area contributed by atoms with Crippen molar-refractivity contribution in [3.8, 4) is 5.75 Å². The van der Waals surface area contributed by atoms with Crippen LogP contribution in [0.1, 0.15) is 13.0 Å². The van der Waals surface area contributed by atoms with Crippen molar-refractivity contribution in [2.45, 2.75) is 13.0 Å². The van der Waals surface area contributed by atoms with E-state index in [1.807, 2.05) is 18.5 Å². The molecule has 5 nitrogen and oxygen atoms in total. The van der Waals surface area contributed by atoms with Gasteiger partial charge in [0.2, 0.25) is 0 Å². The fraction of sp³-hybridized carbons (Fsp3) is 0.400. The predicted octanol–water partition coefficient (Wildman–Crippen LogP) is 1.73. The second-order valence-electron chi connectivity index (χ2n) is 5.24. The van der Waals surface area contributed by atoms with Crippen LogP contribution in [0.5, 0.6) is 5.75 Å². The number of likely N-dealkylation sites (N-methyl/N-ethyl adjacent to an activating group) is 1. The number of benzene rings is 1. The van der Waals surface area contributed by atoms with Crippen LogP contribution in [0.15, 0.2) is 23.1 Å². The molecule has 1 aliphatic heterocycles. The zero-order chi connectivity index (χ0) is 15.0. The third-order valence-corrected chi connectivity index (χ3v) is 3.74. The molecule has 0 bridgehead atoms. The van der Waals surface area contributed by atoms with Gasteiger partial charge in [-0.15, -0.1) is 0 Å². The maximum absolute atomic E-state index is 14.3. The zero-order valence-electron chi connectivity index (χ0n) is 12.1. The molecule has 112 valence electrons. The van der Waals surface area contributed by atoms with E-state index in [1.54, 1.807) is 6.20 Å². The third kappa shape index (κ3) is 2.25. The maximum Gasteiger partial charge on any atom is 0.189 e. The molecule has 2 heterocycles. The number of aromatic nitrogens is 1. The molecule has 1 aliphatic rings. The zero-order valence-corrected chi connectivity index (χ0v) is 12.1. The third-order valence-electron chi connectivity index (χ3n) is 3.74. The van der Waals surface area contributed by atoms with Crippen LogP contribution in [-0.2, 0) is 0 Å². The van der Waals surface area contributed by atoms with Crippen LogP contribution in [0.4, 0.5) is 10.1 Å².